The fraction of sp³-hybridized carbons (Fsp3) is 0.857. The molecule has 0 aliphatic heterocycles. The van der Waals surface area contributed by atoms with Crippen LogP contribution >= 0.6 is 0 Å². The van der Waals surface area contributed by atoms with E-state index < -0.39 is 18.2 Å². The first-order valence-corrected chi connectivity index (χ1v) is 3.62. The van der Waals surface area contributed by atoms with Gasteiger partial charge < -0.3 is 9.84 Å². The molecule has 3 nitrogen and oxygen atoms in total. The summed E-state index contributed by atoms with van der Waals surface area (Å²) in [5.41, 5.74) is 0. The SMILES string of the molecule is CCOC(=O)C(F)C(O)CC. The molecule has 0 saturated carbocycles. The van der Waals surface area contributed by atoms with E-state index in [2.05, 4.69) is 4.74 Å². The lowest BCUT2D eigenvalue weighted by atomic mass is 10.2. The molecule has 2 unspecified atom stereocenters. The van der Waals surface area contributed by atoms with Gasteiger partial charge in [-0.05, 0) is 13.3 Å². The minimum atomic E-state index is -1.90. The van der Waals surface area contributed by atoms with Gasteiger partial charge >= 0.3 is 5.97 Å². The Bertz CT molecular complexity index is 127. The second kappa shape index (κ2) is 5.07. The van der Waals surface area contributed by atoms with Crippen LogP contribution in [0.1, 0.15) is 20.3 Å². The Morgan fingerprint density at radius 1 is 1.64 bits per heavy atom. The van der Waals surface area contributed by atoms with E-state index >= 15 is 0 Å². The first-order valence-electron chi connectivity index (χ1n) is 3.62. The molecule has 0 amide bonds. The second-order valence-corrected chi connectivity index (χ2v) is 2.13. The summed E-state index contributed by atoms with van der Waals surface area (Å²) in [6, 6.07) is 0. The van der Waals surface area contributed by atoms with Gasteiger partial charge in [0.05, 0.1) is 12.7 Å². The van der Waals surface area contributed by atoms with Crippen molar-refractivity contribution < 1.29 is 19.0 Å². The normalized spacial score (nSPS) is 15.6. The van der Waals surface area contributed by atoms with E-state index in [9.17, 15) is 9.18 Å². The Labute approximate surface area is 65.2 Å². The second-order valence-electron chi connectivity index (χ2n) is 2.13. The Hall–Kier alpha value is -0.640. The Morgan fingerprint density at radius 2 is 2.18 bits per heavy atom. The van der Waals surface area contributed by atoms with Gasteiger partial charge in [-0.25, -0.2) is 9.18 Å². The third kappa shape index (κ3) is 3.32. The fourth-order valence-electron chi connectivity index (χ4n) is 0.586. The highest BCUT2D eigenvalue weighted by atomic mass is 19.1. The molecule has 2 atom stereocenters. The minimum absolute atomic E-state index is 0.135. The minimum Gasteiger partial charge on any atom is -0.464 e. The number of esters is 1. The lowest BCUT2D eigenvalue weighted by Crippen LogP contribution is -2.31. The van der Waals surface area contributed by atoms with Gasteiger partial charge in [-0.15, -0.1) is 0 Å². The number of aliphatic hydroxyl groups excluding tert-OH is 1. The summed E-state index contributed by atoms with van der Waals surface area (Å²) in [5, 5.41) is 8.85. The highest BCUT2D eigenvalue weighted by Crippen LogP contribution is 2.04. The number of hydrogen-bond acceptors (Lipinski definition) is 3. The molecule has 0 radical (unpaired) electrons. The quantitative estimate of drug-likeness (QED) is 0.621. The number of hydrogen-bond donors (Lipinski definition) is 1. The molecule has 0 aliphatic rings. The summed E-state index contributed by atoms with van der Waals surface area (Å²) in [6.07, 6.45) is -2.94. The van der Waals surface area contributed by atoms with Crippen molar-refractivity contribution in [2.75, 3.05) is 6.61 Å². The molecular weight excluding hydrogens is 151 g/mol. The summed E-state index contributed by atoms with van der Waals surface area (Å²) >= 11 is 0. The van der Waals surface area contributed by atoms with Crippen LogP contribution in [0.5, 0.6) is 0 Å². The largest absolute Gasteiger partial charge is 0.464 e. The zero-order chi connectivity index (χ0) is 8.85. The van der Waals surface area contributed by atoms with E-state index in [0.717, 1.165) is 0 Å². The van der Waals surface area contributed by atoms with Gasteiger partial charge in [-0.1, -0.05) is 6.92 Å². The van der Waals surface area contributed by atoms with Crippen molar-refractivity contribution in [2.45, 2.75) is 32.5 Å². The van der Waals surface area contributed by atoms with Crippen LogP contribution in [0.25, 0.3) is 0 Å². The van der Waals surface area contributed by atoms with Gasteiger partial charge in [-0.3, -0.25) is 0 Å². The van der Waals surface area contributed by atoms with Crippen molar-refractivity contribution >= 4 is 5.97 Å². The van der Waals surface area contributed by atoms with E-state index in [4.69, 9.17) is 5.11 Å². The van der Waals surface area contributed by atoms with Crippen molar-refractivity contribution in [1.29, 1.82) is 0 Å². The molecule has 0 aromatic heterocycles. The Kier molecular flexibility index (Phi) is 4.77. The zero-order valence-electron chi connectivity index (χ0n) is 6.71. The Balaban J connectivity index is 3.80. The first-order chi connectivity index (χ1) is 5.13. The standard InChI is InChI=1S/C7H13FO3/c1-3-5(9)6(8)7(10)11-4-2/h5-6,9H,3-4H2,1-2H3. The number of carbonyl (C=O) groups is 1. The molecule has 0 aromatic rings. The van der Waals surface area contributed by atoms with E-state index in [1.807, 2.05) is 0 Å². The maximum absolute atomic E-state index is 12.7. The van der Waals surface area contributed by atoms with Crippen LogP contribution in [0.4, 0.5) is 4.39 Å². The lowest BCUT2D eigenvalue weighted by Gasteiger charge is -2.11. The molecule has 0 spiro atoms. The van der Waals surface area contributed by atoms with Gasteiger partial charge in [0, 0.05) is 0 Å². The summed E-state index contributed by atoms with van der Waals surface area (Å²) in [5.74, 6) is -0.984. The van der Waals surface area contributed by atoms with Gasteiger partial charge in [0.1, 0.15) is 0 Å². The first kappa shape index (κ1) is 10.4. The third-order valence-electron chi connectivity index (χ3n) is 1.27. The number of carbonyl (C=O) groups excluding carboxylic acids is 1. The third-order valence-corrected chi connectivity index (χ3v) is 1.27. The molecule has 0 heterocycles. The van der Waals surface area contributed by atoms with Crippen LogP contribution in [-0.4, -0.2) is 30.0 Å². The van der Waals surface area contributed by atoms with E-state index in [1.165, 1.54) is 0 Å². The molecule has 0 aliphatic carbocycles. The van der Waals surface area contributed by atoms with Crippen LogP contribution in [-0.2, 0) is 9.53 Å². The molecular formula is C7H13FO3. The van der Waals surface area contributed by atoms with Gasteiger partial charge in [0.2, 0.25) is 6.17 Å². The molecule has 66 valence electrons. The molecule has 0 saturated heterocycles. The highest BCUT2D eigenvalue weighted by Gasteiger charge is 2.25. The van der Waals surface area contributed by atoms with Crippen molar-refractivity contribution in [3.8, 4) is 0 Å². The van der Waals surface area contributed by atoms with Gasteiger partial charge in [0.25, 0.3) is 0 Å². The lowest BCUT2D eigenvalue weighted by molar-refractivity contribution is -0.153. The van der Waals surface area contributed by atoms with Crippen LogP contribution in [0.2, 0.25) is 0 Å². The summed E-state index contributed by atoms with van der Waals surface area (Å²) in [6.45, 7) is 3.31. The van der Waals surface area contributed by atoms with Crippen molar-refractivity contribution in [3.63, 3.8) is 0 Å². The molecule has 11 heavy (non-hydrogen) atoms. The molecule has 1 N–H and O–H groups in total. The van der Waals surface area contributed by atoms with Gasteiger partial charge in [-0.2, -0.15) is 0 Å². The average molecular weight is 164 g/mol. The number of aliphatic hydroxyl groups is 1. The number of alkyl halides is 1. The van der Waals surface area contributed by atoms with Crippen molar-refractivity contribution in [1.82, 2.24) is 0 Å². The molecule has 0 fully saturated rings. The molecule has 0 rings (SSSR count). The fourth-order valence-corrected chi connectivity index (χ4v) is 0.586. The summed E-state index contributed by atoms with van der Waals surface area (Å²) < 4.78 is 17.0. The van der Waals surface area contributed by atoms with E-state index in [0.29, 0.717) is 0 Å². The highest BCUT2D eigenvalue weighted by molar-refractivity contribution is 5.75. The topological polar surface area (TPSA) is 46.5 Å². The van der Waals surface area contributed by atoms with Crippen LogP contribution in [0.3, 0.4) is 0 Å². The van der Waals surface area contributed by atoms with Crippen LogP contribution in [0.15, 0.2) is 0 Å². The number of halogens is 1. The maximum atomic E-state index is 12.7. The van der Waals surface area contributed by atoms with Crippen LogP contribution < -0.4 is 0 Å². The molecule has 0 bridgehead atoms. The zero-order valence-corrected chi connectivity index (χ0v) is 6.71. The Morgan fingerprint density at radius 3 is 2.55 bits per heavy atom. The summed E-state index contributed by atoms with van der Waals surface area (Å²) in [4.78, 5) is 10.6. The van der Waals surface area contributed by atoms with Gasteiger partial charge in [0.15, 0.2) is 0 Å². The van der Waals surface area contributed by atoms with Crippen molar-refractivity contribution in [3.05, 3.63) is 0 Å². The van der Waals surface area contributed by atoms with Crippen LogP contribution in [0, 0.1) is 0 Å². The number of rotatable bonds is 4. The molecule has 0 aromatic carbocycles. The smallest absolute Gasteiger partial charge is 0.343 e. The van der Waals surface area contributed by atoms with E-state index in [1.54, 1.807) is 13.8 Å². The van der Waals surface area contributed by atoms with E-state index in [-0.39, 0.29) is 13.0 Å². The average Bonchev–Trinajstić information content (AvgIpc) is 2.02. The number of ether oxygens (including phenoxy) is 1. The summed E-state index contributed by atoms with van der Waals surface area (Å²) in [7, 11) is 0. The van der Waals surface area contributed by atoms with Crippen molar-refractivity contribution in [2.24, 2.45) is 0 Å². The predicted octanol–water partition coefficient (Wildman–Crippen LogP) is 0.659. The molecule has 4 heteroatoms. The monoisotopic (exact) mass is 164 g/mol. The predicted molar refractivity (Wildman–Crippen MR) is 37.8 cm³/mol. The maximum Gasteiger partial charge on any atom is 0.343 e.